The average molecular weight is 415 g/mol. The summed E-state index contributed by atoms with van der Waals surface area (Å²) in [4.78, 5) is 39.7. The molecule has 0 atom stereocenters. The van der Waals surface area contributed by atoms with Crippen LogP contribution in [0.25, 0.3) is 0 Å². The third kappa shape index (κ3) is 4.10. The van der Waals surface area contributed by atoms with Crippen LogP contribution < -0.4 is 10.6 Å². The van der Waals surface area contributed by atoms with E-state index in [2.05, 4.69) is 25.6 Å². The Kier molecular flexibility index (Phi) is 5.18. The molecule has 0 bridgehead atoms. The average Bonchev–Trinajstić information content (AvgIpc) is 3.10. The van der Waals surface area contributed by atoms with Crippen molar-refractivity contribution in [3.05, 3.63) is 64.1 Å². The number of aromatic nitrogens is 3. The van der Waals surface area contributed by atoms with Crippen molar-refractivity contribution in [1.29, 1.82) is 0 Å². The van der Waals surface area contributed by atoms with Crippen LogP contribution in [0.2, 0.25) is 5.02 Å². The number of carbonyl (C=O) groups is 2. The predicted octanol–water partition coefficient (Wildman–Crippen LogP) is 3.43. The Balaban J connectivity index is 1.41. The van der Waals surface area contributed by atoms with E-state index in [1.807, 2.05) is 0 Å². The lowest BCUT2D eigenvalue weighted by molar-refractivity contribution is 0.102. The van der Waals surface area contributed by atoms with Crippen LogP contribution in [0.1, 0.15) is 21.1 Å². The Hall–Kier alpha value is -3.04. The number of benzene rings is 1. The second-order valence-electron chi connectivity index (χ2n) is 6.05. The molecular formula is C18H15ClN6O2S. The SMILES string of the molecule is O=C(Nc1nc2c(s1)CN(C(=O)Nc1cccc(Cl)c1)CC2)c1cnccn1. The minimum Gasteiger partial charge on any atom is -0.319 e. The van der Waals surface area contributed by atoms with Crippen LogP contribution in [0.3, 0.4) is 0 Å². The van der Waals surface area contributed by atoms with Gasteiger partial charge in [0.05, 0.1) is 18.4 Å². The topological polar surface area (TPSA) is 100 Å². The lowest BCUT2D eigenvalue weighted by Gasteiger charge is -2.26. The maximum Gasteiger partial charge on any atom is 0.322 e. The van der Waals surface area contributed by atoms with Gasteiger partial charge in [-0.05, 0) is 18.2 Å². The van der Waals surface area contributed by atoms with E-state index >= 15 is 0 Å². The number of hydrogen-bond acceptors (Lipinski definition) is 6. The number of urea groups is 1. The van der Waals surface area contributed by atoms with E-state index in [0.717, 1.165) is 10.6 Å². The monoisotopic (exact) mass is 414 g/mol. The number of rotatable bonds is 3. The highest BCUT2D eigenvalue weighted by Crippen LogP contribution is 2.29. The van der Waals surface area contributed by atoms with Crippen molar-refractivity contribution in [3.8, 4) is 0 Å². The Bertz CT molecular complexity index is 1030. The summed E-state index contributed by atoms with van der Waals surface area (Å²) in [5.74, 6) is -0.366. The number of fused-ring (bicyclic) bond motifs is 1. The van der Waals surface area contributed by atoms with Gasteiger partial charge in [0.25, 0.3) is 5.91 Å². The van der Waals surface area contributed by atoms with Gasteiger partial charge in [-0.15, -0.1) is 0 Å². The molecule has 1 aliphatic rings. The molecule has 3 amide bonds. The molecule has 28 heavy (non-hydrogen) atoms. The second-order valence-corrected chi connectivity index (χ2v) is 7.57. The van der Waals surface area contributed by atoms with Crippen LogP contribution in [0.5, 0.6) is 0 Å². The first-order valence-corrected chi connectivity index (χ1v) is 9.65. The summed E-state index contributed by atoms with van der Waals surface area (Å²) in [6.45, 7) is 0.973. The normalized spacial score (nSPS) is 13.0. The molecule has 1 aromatic carbocycles. The van der Waals surface area contributed by atoms with Gasteiger partial charge in [0, 0.05) is 40.9 Å². The van der Waals surface area contributed by atoms with Gasteiger partial charge < -0.3 is 10.2 Å². The Morgan fingerprint density at radius 1 is 1.21 bits per heavy atom. The molecule has 10 heteroatoms. The molecule has 0 saturated heterocycles. The van der Waals surface area contributed by atoms with Crippen LogP contribution in [-0.2, 0) is 13.0 Å². The van der Waals surface area contributed by atoms with Gasteiger partial charge in [0.2, 0.25) is 0 Å². The molecule has 0 aliphatic carbocycles. The Labute approximate surface area is 169 Å². The largest absolute Gasteiger partial charge is 0.322 e. The van der Waals surface area contributed by atoms with E-state index in [-0.39, 0.29) is 17.6 Å². The lowest BCUT2D eigenvalue weighted by atomic mass is 10.2. The molecule has 0 fully saturated rings. The number of thiazole rings is 1. The zero-order chi connectivity index (χ0) is 19.5. The van der Waals surface area contributed by atoms with Crippen LogP contribution in [0.4, 0.5) is 15.6 Å². The summed E-state index contributed by atoms with van der Waals surface area (Å²) in [6, 6.07) is 6.81. The second kappa shape index (κ2) is 7.91. The number of carbonyl (C=O) groups excluding carboxylic acids is 2. The number of nitrogens with one attached hydrogen (secondary N) is 2. The summed E-state index contributed by atoms with van der Waals surface area (Å²) in [6.07, 6.45) is 4.97. The van der Waals surface area contributed by atoms with Crippen molar-refractivity contribution in [3.63, 3.8) is 0 Å². The highest BCUT2D eigenvalue weighted by molar-refractivity contribution is 7.15. The fourth-order valence-corrected chi connectivity index (χ4v) is 3.98. The fourth-order valence-electron chi connectivity index (χ4n) is 2.77. The van der Waals surface area contributed by atoms with Crippen molar-refractivity contribution in [1.82, 2.24) is 19.9 Å². The van der Waals surface area contributed by atoms with Gasteiger partial charge in [0.15, 0.2) is 5.13 Å². The molecule has 3 aromatic rings. The first-order valence-electron chi connectivity index (χ1n) is 8.46. The smallest absolute Gasteiger partial charge is 0.319 e. The van der Waals surface area contributed by atoms with Gasteiger partial charge in [-0.1, -0.05) is 29.0 Å². The summed E-state index contributed by atoms with van der Waals surface area (Å²) in [5, 5.41) is 6.63. The van der Waals surface area contributed by atoms with Crippen LogP contribution in [0.15, 0.2) is 42.9 Å². The first-order chi connectivity index (χ1) is 13.6. The van der Waals surface area contributed by atoms with Crippen LogP contribution in [0, 0.1) is 0 Å². The molecule has 142 valence electrons. The van der Waals surface area contributed by atoms with Crippen molar-refractivity contribution >= 4 is 45.7 Å². The van der Waals surface area contributed by atoms with Crippen LogP contribution in [-0.4, -0.2) is 38.3 Å². The molecule has 0 unspecified atom stereocenters. The third-order valence-corrected chi connectivity index (χ3v) is 5.34. The maximum absolute atomic E-state index is 12.5. The highest BCUT2D eigenvalue weighted by atomic mass is 35.5. The Morgan fingerprint density at radius 2 is 2.11 bits per heavy atom. The summed E-state index contributed by atoms with van der Waals surface area (Å²) in [5.41, 5.74) is 1.76. The Morgan fingerprint density at radius 3 is 2.89 bits per heavy atom. The summed E-state index contributed by atoms with van der Waals surface area (Å²) in [7, 11) is 0. The maximum atomic E-state index is 12.5. The van der Waals surface area contributed by atoms with Crippen molar-refractivity contribution < 1.29 is 9.59 Å². The zero-order valence-corrected chi connectivity index (χ0v) is 16.1. The standard InChI is InChI=1S/C18H15ClN6O2S/c19-11-2-1-3-12(8-11)22-18(27)25-7-4-13-15(10-25)28-17(23-13)24-16(26)14-9-20-5-6-21-14/h1-3,5-6,8-9H,4,7,10H2,(H,22,27)(H,23,24,26). The molecule has 2 aromatic heterocycles. The molecule has 1 aliphatic heterocycles. The van der Waals surface area contributed by atoms with E-state index < -0.39 is 0 Å². The molecule has 4 rings (SSSR count). The van der Waals surface area contributed by atoms with E-state index in [4.69, 9.17) is 11.6 Å². The van der Waals surface area contributed by atoms with Crippen molar-refractivity contribution in [2.24, 2.45) is 0 Å². The van der Waals surface area contributed by atoms with Gasteiger partial charge in [-0.2, -0.15) is 0 Å². The number of halogens is 1. The van der Waals surface area contributed by atoms with E-state index in [0.29, 0.717) is 35.4 Å². The summed E-state index contributed by atoms with van der Waals surface area (Å²) < 4.78 is 0. The minimum absolute atomic E-state index is 0.202. The molecule has 3 heterocycles. The van der Waals surface area contributed by atoms with Crippen LogP contribution >= 0.6 is 22.9 Å². The molecule has 0 radical (unpaired) electrons. The van der Waals surface area contributed by atoms with Gasteiger partial charge in [-0.3, -0.25) is 15.1 Å². The fraction of sp³-hybridized carbons (Fsp3) is 0.167. The molecule has 8 nitrogen and oxygen atoms in total. The molecule has 2 N–H and O–H groups in total. The molecule has 0 spiro atoms. The predicted molar refractivity (Wildman–Crippen MR) is 107 cm³/mol. The number of hydrogen-bond donors (Lipinski definition) is 2. The van der Waals surface area contributed by atoms with Gasteiger partial charge in [-0.25, -0.2) is 14.8 Å². The van der Waals surface area contributed by atoms with E-state index in [1.165, 1.54) is 29.9 Å². The van der Waals surface area contributed by atoms with E-state index in [1.54, 1.807) is 29.2 Å². The number of nitrogens with zero attached hydrogens (tertiary/aromatic N) is 4. The highest BCUT2D eigenvalue weighted by Gasteiger charge is 2.25. The molecule has 0 saturated carbocycles. The zero-order valence-electron chi connectivity index (χ0n) is 14.6. The third-order valence-electron chi connectivity index (χ3n) is 4.11. The summed E-state index contributed by atoms with van der Waals surface area (Å²) >= 11 is 7.31. The van der Waals surface area contributed by atoms with Gasteiger partial charge >= 0.3 is 6.03 Å². The van der Waals surface area contributed by atoms with Crippen molar-refractivity contribution in [2.45, 2.75) is 13.0 Å². The first kappa shape index (κ1) is 18.3. The molecular weight excluding hydrogens is 400 g/mol. The number of anilines is 2. The number of amides is 3. The minimum atomic E-state index is -0.366. The lowest BCUT2D eigenvalue weighted by Crippen LogP contribution is -2.38. The van der Waals surface area contributed by atoms with Crippen molar-refractivity contribution in [2.75, 3.05) is 17.2 Å². The van der Waals surface area contributed by atoms with E-state index in [9.17, 15) is 9.59 Å². The van der Waals surface area contributed by atoms with Gasteiger partial charge in [0.1, 0.15) is 5.69 Å². The quantitative estimate of drug-likeness (QED) is 0.683.